The van der Waals surface area contributed by atoms with E-state index in [-0.39, 0.29) is 0 Å². The summed E-state index contributed by atoms with van der Waals surface area (Å²) >= 11 is 8.08. The molecule has 31 heavy (non-hydrogen) atoms. The zero-order valence-electron chi connectivity index (χ0n) is 18.1. The van der Waals surface area contributed by atoms with Crippen LogP contribution in [-0.4, -0.2) is 16.2 Å². The van der Waals surface area contributed by atoms with Gasteiger partial charge in [-0.15, -0.1) is 0 Å². The van der Waals surface area contributed by atoms with Crippen LogP contribution in [0.4, 0.5) is 0 Å². The number of hydrogen-bond acceptors (Lipinski definition) is 4. The number of rotatable bonds is 9. The van der Waals surface area contributed by atoms with Crippen LogP contribution < -0.4 is 4.74 Å². The fourth-order valence-corrected chi connectivity index (χ4v) is 4.33. The van der Waals surface area contributed by atoms with E-state index in [0.717, 1.165) is 65.6 Å². The van der Waals surface area contributed by atoms with Gasteiger partial charge in [0.05, 0.1) is 11.3 Å². The third-order valence-corrected chi connectivity index (χ3v) is 6.15. The summed E-state index contributed by atoms with van der Waals surface area (Å²) in [6.45, 7) is 6.74. The average molecular weight is 451 g/mol. The Balaban J connectivity index is 1.83. The molecule has 3 nitrogen and oxygen atoms in total. The van der Waals surface area contributed by atoms with Gasteiger partial charge in [0.25, 0.3) is 0 Å². The predicted octanol–water partition coefficient (Wildman–Crippen LogP) is 7.59. The second kappa shape index (κ2) is 9.88. The van der Waals surface area contributed by atoms with Gasteiger partial charge in [-0.1, -0.05) is 97.8 Å². The highest BCUT2D eigenvalue weighted by molar-refractivity contribution is 7.98. The van der Waals surface area contributed by atoms with E-state index >= 15 is 0 Å². The molecule has 2 aliphatic carbocycles. The van der Waals surface area contributed by atoms with E-state index in [4.69, 9.17) is 26.3 Å². The number of halogens is 1. The van der Waals surface area contributed by atoms with E-state index in [0.29, 0.717) is 22.7 Å². The molecule has 0 N–H and O–H groups in total. The van der Waals surface area contributed by atoms with Crippen LogP contribution in [0.5, 0.6) is 5.88 Å². The Morgan fingerprint density at radius 3 is 2.65 bits per heavy atom. The number of ether oxygens (including phenoxy) is 1. The van der Waals surface area contributed by atoms with E-state index in [1.807, 2.05) is 24.5 Å². The van der Waals surface area contributed by atoms with Crippen LogP contribution in [0.15, 0.2) is 70.4 Å². The van der Waals surface area contributed by atoms with Crippen LogP contribution in [0.1, 0.15) is 55.8 Å². The SMILES string of the molecule is C=C(Cl)C1=C(/C=C\CCCC)c2c(OCc3ccccc3)nc(SC)nc2C1=C1CC1. The van der Waals surface area contributed by atoms with Gasteiger partial charge in [-0.25, -0.2) is 4.98 Å². The van der Waals surface area contributed by atoms with Crippen molar-refractivity contribution in [1.82, 2.24) is 9.97 Å². The van der Waals surface area contributed by atoms with Crippen LogP contribution in [0, 0.1) is 0 Å². The highest BCUT2D eigenvalue weighted by Gasteiger charge is 2.36. The second-order valence-corrected chi connectivity index (χ2v) is 8.96. The number of thioether (sulfide) groups is 1. The van der Waals surface area contributed by atoms with Gasteiger partial charge in [-0.2, -0.15) is 4.98 Å². The van der Waals surface area contributed by atoms with E-state index < -0.39 is 0 Å². The minimum atomic E-state index is 0.452. The van der Waals surface area contributed by atoms with E-state index in [1.54, 1.807) is 0 Å². The lowest BCUT2D eigenvalue weighted by Crippen LogP contribution is -2.04. The Kier molecular flexibility index (Phi) is 6.99. The molecule has 1 fully saturated rings. The van der Waals surface area contributed by atoms with Crippen LogP contribution in [0.3, 0.4) is 0 Å². The van der Waals surface area contributed by atoms with Gasteiger partial charge in [0.2, 0.25) is 5.88 Å². The van der Waals surface area contributed by atoms with Crippen molar-refractivity contribution in [2.75, 3.05) is 6.26 Å². The standard InChI is InChI=1S/C26H27ClN2OS/c1-4-5-6-10-13-20-21(17(2)27)22(19-14-15-19)24-23(20)25(29-26(28-24)31-3)30-16-18-11-8-7-9-12-18/h7-13H,2,4-6,14-16H2,1,3H3/b13-10-. The van der Waals surface area contributed by atoms with Crippen molar-refractivity contribution >= 4 is 34.5 Å². The first-order valence-corrected chi connectivity index (χ1v) is 12.4. The summed E-state index contributed by atoms with van der Waals surface area (Å²) in [5.41, 5.74) is 7.49. The van der Waals surface area contributed by atoms with Crippen LogP contribution in [0.25, 0.3) is 11.1 Å². The fourth-order valence-electron chi connectivity index (χ4n) is 3.77. The quantitative estimate of drug-likeness (QED) is 0.224. The highest BCUT2D eigenvalue weighted by Crippen LogP contribution is 2.53. The Morgan fingerprint density at radius 1 is 1.23 bits per heavy atom. The number of fused-ring (bicyclic) bond motifs is 1. The Bertz CT molecular complexity index is 1080. The summed E-state index contributed by atoms with van der Waals surface area (Å²) in [6, 6.07) is 10.2. The molecule has 0 atom stereocenters. The molecule has 1 saturated carbocycles. The molecule has 1 heterocycles. The molecule has 4 rings (SSSR count). The Morgan fingerprint density at radius 2 is 2.00 bits per heavy atom. The first-order chi connectivity index (χ1) is 15.1. The maximum atomic E-state index is 6.56. The minimum absolute atomic E-state index is 0.452. The number of unbranched alkanes of at least 4 members (excludes halogenated alkanes) is 2. The molecule has 2 aromatic rings. The van der Waals surface area contributed by atoms with Gasteiger partial charge in [0, 0.05) is 16.2 Å². The molecule has 0 spiro atoms. The lowest BCUT2D eigenvalue weighted by atomic mass is 10.0. The molecule has 0 amide bonds. The number of nitrogens with zero attached hydrogens (tertiary/aromatic N) is 2. The lowest BCUT2D eigenvalue weighted by molar-refractivity contribution is 0.289. The van der Waals surface area contributed by atoms with E-state index in [2.05, 4.69) is 37.8 Å². The third-order valence-electron chi connectivity index (χ3n) is 5.42. The van der Waals surface area contributed by atoms with Crippen LogP contribution in [-0.2, 0) is 6.61 Å². The summed E-state index contributed by atoms with van der Waals surface area (Å²) in [4.78, 5) is 9.64. The third kappa shape index (κ3) is 4.81. The smallest absolute Gasteiger partial charge is 0.226 e. The van der Waals surface area contributed by atoms with Gasteiger partial charge < -0.3 is 4.74 Å². The molecule has 0 aliphatic heterocycles. The molecule has 0 saturated heterocycles. The van der Waals surface area contributed by atoms with Crippen molar-refractivity contribution in [3.63, 3.8) is 0 Å². The maximum Gasteiger partial charge on any atom is 0.226 e. The minimum Gasteiger partial charge on any atom is -0.472 e. The van der Waals surface area contributed by atoms with Gasteiger partial charge in [0.15, 0.2) is 5.16 Å². The molecule has 1 aromatic heterocycles. The molecule has 0 unspecified atom stereocenters. The first-order valence-electron chi connectivity index (χ1n) is 10.8. The van der Waals surface area contributed by atoms with Gasteiger partial charge in [0.1, 0.15) is 6.61 Å². The summed E-state index contributed by atoms with van der Waals surface area (Å²) < 4.78 is 6.28. The molecule has 2 aliphatic rings. The summed E-state index contributed by atoms with van der Waals surface area (Å²) in [5, 5.41) is 1.25. The van der Waals surface area contributed by atoms with Crippen molar-refractivity contribution in [2.24, 2.45) is 0 Å². The number of benzene rings is 1. The van der Waals surface area contributed by atoms with Crippen LogP contribution in [0.2, 0.25) is 0 Å². The molecule has 160 valence electrons. The summed E-state index contributed by atoms with van der Waals surface area (Å²) in [6.07, 6.45) is 11.9. The second-order valence-electron chi connectivity index (χ2n) is 7.73. The number of aromatic nitrogens is 2. The molecule has 0 radical (unpaired) electrons. The molecular weight excluding hydrogens is 424 g/mol. The number of hydrogen-bond donors (Lipinski definition) is 0. The van der Waals surface area contributed by atoms with E-state index in [9.17, 15) is 0 Å². The van der Waals surface area contributed by atoms with E-state index in [1.165, 1.54) is 17.3 Å². The summed E-state index contributed by atoms with van der Waals surface area (Å²) in [5.74, 6) is 0.611. The van der Waals surface area contributed by atoms with Crippen molar-refractivity contribution in [3.8, 4) is 5.88 Å². The predicted molar refractivity (Wildman–Crippen MR) is 131 cm³/mol. The normalized spacial score (nSPS) is 15.1. The Hall–Kier alpha value is -2.30. The average Bonchev–Trinajstić information content (AvgIpc) is 3.57. The lowest BCUT2D eigenvalue weighted by Gasteiger charge is -2.12. The number of allylic oxidation sites excluding steroid dienone is 7. The van der Waals surface area contributed by atoms with Gasteiger partial charge in [-0.3, -0.25) is 0 Å². The van der Waals surface area contributed by atoms with Gasteiger partial charge in [-0.05, 0) is 36.7 Å². The van der Waals surface area contributed by atoms with Crippen molar-refractivity contribution in [2.45, 2.75) is 50.8 Å². The van der Waals surface area contributed by atoms with Gasteiger partial charge >= 0.3 is 0 Å². The zero-order chi connectivity index (χ0) is 21.8. The van der Waals surface area contributed by atoms with Crippen molar-refractivity contribution in [1.29, 1.82) is 0 Å². The molecule has 0 bridgehead atoms. The Labute approximate surface area is 194 Å². The molecule has 1 aromatic carbocycles. The fraction of sp³-hybridized carbons (Fsp3) is 0.308. The monoisotopic (exact) mass is 450 g/mol. The summed E-state index contributed by atoms with van der Waals surface area (Å²) in [7, 11) is 0. The molecular formula is C26H27ClN2OS. The molecule has 5 heteroatoms. The largest absolute Gasteiger partial charge is 0.472 e. The maximum absolute atomic E-state index is 6.56. The van der Waals surface area contributed by atoms with Crippen LogP contribution >= 0.6 is 23.4 Å². The topological polar surface area (TPSA) is 35.0 Å². The van der Waals surface area contributed by atoms with Crippen molar-refractivity contribution in [3.05, 3.63) is 82.1 Å². The first kappa shape index (κ1) is 21.9. The van der Waals surface area contributed by atoms with Crippen molar-refractivity contribution < 1.29 is 4.74 Å². The zero-order valence-corrected chi connectivity index (χ0v) is 19.7. The highest BCUT2D eigenvalue weighted by atomic mass is 35.5.